The van der Waals surface area contributed by atoms with Gasteiger partial charge in [0.1, 0.15) is 60.5 Å². The smallest absolute Gasteiger partial charge is 0.194 e. The van der Waals surface area contributed by atoms with Gasteiger partial charge in [-0.3, -0.25) is 4.79 Å². The highest BCUT2D eigenvalue weighted by molar-refractivity contribution is 5.99. The van der Waals surface area contributed by atoms with Gasteiger partial charge in [0.2, 0.25) is 0 Å². The molecule has 0 saturated carbocycles. The lowest BCUT2D eigenvalue weighted by Crippen LogP contribution is -2.72. The molecule has 0 aliphatic carbocycles. The molecule has 0 radical (unpaired) electrons. The average molecular weight is 609 g/mol. The van der Waals surface area contributed by atoms with Gasteiger partial charge in [-0.25, -0.2) is 0 Å². The molecule has 0 spiro atoms. The van der Waals surface area contributed by atoms with E-state index in [0.29, 0.717) is 24.3 Å². The molecule has 2 aliphatic heterocycles. The fraction of sp³-hybridized carbons (Fsp3) is 0.654. The number of aliphatic hydroxyl groups excluding tert-OH is 8. The van der Waals surface area contributed by atoms with Crippen LogP contribution in [0.25, 0.3) is 0 Å². The molecule has 2 fully saturated rings. The van der Waals surface area contributed by atoms with E-state index < -0.39 is 110 Å². The predicted octanol–water partition coefficient (Wildman–Crippen LogP) is -5.51. The van der Waals surface area contributed by atoms with E-state index in [9.17, 15) is 61.0 Å². The third kappa shape index (κ3) is 6.29. The van der Waals surface area contributed by atoms with Gasteiger partial charge in [0.25, 0.3) is 0 Å². The first-order valence-corrected chi connectivity index (χ1v) is 12.7. The zero-order valence-electron chi connectivity index (χ0n) is 22.6. The van der Waals surface area contributed by atoms with Crippen LogP contribution in [0.2, 0.25) is 0 Å². The summed E-state index contributed by atoms with van der Waals surface area (Å²) in [5.74, 6) is -1.22. The lowest BCUT2D eigenvalue weighted by Gasteiger charge is -2.49. The molecule has 2 aliphatic rings. The number of ether oxygens (including phenoxy) is 4. The lowest BCUT2D eigenvalue weighted by atomic mass is 9.66. The normalized spacial score (nSPS) is 38.6. The van der Waals surface area contributed by atoms with E-state index >= 15 is 0 Å². The molecule has 11 N–H and O–H groups in total. The molecule has 0 aromatic carbocycles. The Labute approximate surface area is 240 Å². The van der Waals surface area contributed by atoms with E-state index in [2.05, 4.69) is 26.3 Å². The van der Waals surface area contributed by atoms with Crippen LogP contribution in [0.5, 0.6) is 0 Å². The lowest BCUT2D eigenvalue weighted by molar-refractivity contribution is -0.334. The minimum absolute atomic E-state index is 0.569. The van der Waals surface area contributed by atoms with Gasteiger partial charge in [0.05, 0.1) is 19.8 Å². The van der Waals surface area contributed by atoms with Crippen molar-refractivity contribution in [1.82, 2.24) is 0 Å². The Morgan fingerprint density at radius 1 is 0.762 bits per heavy atom. The van der Waals surface area contributed by atoms with Crippen molar-refractivity contribution in [2.75, 3.05) is 19.8 Å². The quantitative estimate of drug-likeness (QED) is 0.0611. The minimum atomic E-state index is -3.07. The second-order valence-corrected chi connectivity index (χ2v) is 9.93. The van der Waals surface area contributed by atoms with Crippen molar-refractivity contribution >= 4 is 5.78 Å². The first kappa shape index (κ1) is 36.2. The Balaban J connectivity index is 2.20. The van der Waals surface area contributed by atoms with Crippen LogP contribution in [0.15, 0.2) is 50.6 Å². The topological polar surface area (TPSA) is 277 Å². The molecule has 240 valence electrons. The average Bonchev–Trinajstić information content (AvgIpc) is 3.00. The summed E-state index contributed by atoms with van der Waals surface area (Å²) in [7, 11) is 0. The summed E-state index contributed by atoms with van der Waals surface area (Å²) in [5.41, 5.74) is -9.00. The van der Waals surface area contributed by atoms with Crippen molar-refractivity contribution in [2.45, 2.75) is 84.3 Å². The van der Waals surface area contributed by atoms with Crippen LogP contribution >= 0.6 is 0 Å². The maximum absolute atomic E-state index is 12.4. The molecule has 16 nitrogen and oxygen atoms in total. The van der Waals surface area contributed by atoms with E-state index in [1.807, 2.05) is 0 Å². The summed E-state index contributed by atoms with van der Waals surface area (Å²) in [6, 6.07) is 0. The monoisotopic (exact) mass is 608 g/mol. The van der Waals surface area contributed by atoms with E-state index in [0.717, 1.165) is 0 Å². The molecule has 2 rings (SSSR count). The Kier molecular flexibility index (Phi) is 12.3. The Morgan fingerprint density at radius 3 is 1.71 bits per heavy atom. The van der Waals surface area contributed by atoms with Gasteiger partial charge in [-0.2, -0.15) is 0 Å². The molecular formula is C26H40O16. The van der Waals surface area contributed by atoms with Crippen molar-refractivity contribution in [3.8, 4) is 0 Å². The number of hydrogen-bond donors (Lipinski definition) is 11. The standard InChI is InChI=1S/C26H40O16/c1-5-14(28)24(36,6-2)26(38,8-4)25(37,7-3)15(29)11-40-23-21(35)19(33)17(31)13(42-23)10-39-22-20(34)18(32)16(30)12(9-27)41-22/h5-8,12-13,15-23,27,29-38H,1-4,9-11H2/t12-,13-,15-,16-,17-,18+,19+,20-,21-,22+,23+,24+,25-,26-/m1/s1. The molecule has 0 bridgehead atoms. The van der Waals surface area contributed by atoms with E-state index in [1.165, 1.54) is 0 Å². The van der Waals surface area contributed by atoms with Crippen LogP contribution in [-0.4, -0.2) is 166 Å². The van der Waals surface area contributed by atoms with Crippen molar-refractivity contribution in [3.05, 3.63) is 50.6 Å². The molecule has 42 heavy (non-hydrogen) atoms. The van der Waals surface area contributed by atoms with E-state index in [-0.39, 0.29) is 0 Å². The number of hydrogen-bond acceptors (Lipinski definition) is 16. The van der Waals surface area contributed by atoms with Gasteiger partial charge >= 0.3 is 0 Å². The summed E-state index contributed by atoms with van der Waals surface area (Å²) in [6.07, 6.45) is -17.0. The van der Waals surface area contributed by atoms with Gasteiger partial charge in [-0.05, 0) is 12.2 Å². The third-order valence-corrected chi connectivity index (χ3v) is 7.52. The minimum Gasteiger partial charge on any atom is -0.394 e. The number of ketones is 1. The van der Waals surface area contributed by atoms with Crippen LogP contribution in [-0.2, 0) is 23.7 Å². The molecule has 0 amide bonds. The second kappa shape index (κ2) is 14.2. The predicted molar refractivity (Wildman–Crippen MR) is 139 cm³/mol. The highest BCUT2D eigenvalue weighted by Gasteiger charge is 2.63. The number of carbonyl (C=O) groups excluding carboxylic acids is 1. The van der Waals surface area contributed by atoms with Crippen LogP contribution in [0, 0.1) is 0 Å². The zero-order chi connectivity index (χ0) is 32.2. The summed E-state index contributed by atoms with van der Waals surface area (Å²) in [6.45, 7) is 10.7. The molecule has 0 aromatic rings. The maximum atomic E-state index is 12.4. The highest BCUT2D eigenvalue weighted by atomic mass is 16.7. The fourth-order valence-electron chi connectivity index (χ4n) is 4.67. The van der Waals surface area contributed by atoms with Crippen LogP contribution in [0.1, 0.15) is 0 Å². The molecule has 2 heterocycles. The van der Waals surface area contributed by atoms with Crippen LogP contribution in [0.4, 0.5) is 0 Å². The largest absolute Gasteiger partial charge is 0.394 e. The van der Waals surface area contributed by atoms with Crippen molar-refractivity contribution in [2.24, 2.45) is 0 Å². The summed E-state index contributed by atoms with van der Waals surface area (Å²) in [5, 5.41) is 114. The van der Waals surface area contributed by atoms with Gasteiger partial charge in [-0.1, -0.05) is 31.9 Å². The molecule has 0 unspecified atom stereocenters. The number of rotatable bonds is 15. The van der Waals surface area contributed by atoms with Gasteiger partial charge < -0.3 is 75.1 Å². The Morgan fingerprint density at radius 2 is 1.26 bits per heavy atom. The van der Waals surface area contributed by atoms with Gasteiger partial charge in [0, 0.05) is 0 Å². The zero-order valence-corrected chi connectivity index (χ0v) is 22.6. The van der Waals surface area contributed by atoms with Crippen molar-refractivity contribution in [3.63, 3.8) is 0 Å². The maximum Gasteiger partial charge on any atom is 0.194 e. The second-order valence-electron chi connectivity index (χ2n) is 9.93. The van der Waals surface area contributed by atoms with Crippen molar-refractivity contribution < 1.29 is 79.9 Å². The van der Waals surface area contributed by atoms with E-state index in [1.54, 1.807) is 0 Å². The van der Waals surface area contributed by atoms with E-state index in [4.69, 9.17) is 18.9 Å². The SMILES string of the molecule is C=CC(=O)[C@@](O)(C=C)[C@](O)(C=C)[C@@](O)(C=C)[C@H](O)CO[C@H]1O[C@H](CO[C@H]2O[C@H](CO)[C@@H](O)[C@H](O)[C@H]2O)[C@@H](O)[C@H](O)[C@H]1O. The summed E-state index contributed by atoms with van der Waals surface area (Å²) >= 11 is 0. The molecular weight excluding hydrogens is 568 g/mol. The van der Waals surface area contributed by atoms with Gasteiger partial charge in [-0.15, -0.1) is 6.58 Å². The Hall–Kier alpha value is -1.97. The Bertz CT molecular complexity index is 976. The van der Waals surface area contributed by atoms with Crippen LogP contribution in [0.3, 0.4) is 0 Å². The fourth-order valence-corrected chi connectivity index (χ4v) is 4.67. The molecule has 2 saturated heterocycles. The first-order chi connectivity index (χ1) is 19.5. The summed E-state index contributed by atoms with van der Waals surface area (Å²) in [4.78, 5) is 12.4. The van der Waals surface area contributed by atoms with Crippen molar-refractivity contribution in [1.29, 1.82) is 0 Å². The number of aliphatic hydroxyl groups is 11. The van der Waals surface area contributed by atoms with Crippen LogP contribution < -0.4 is 0 Å². The molecule has 14 atom stereocenters. The molecule has 0 aromatic heterocycles. The third-order valence-electron chi connectivity index (χ3n) is 7.52. The molecule has 16 heteroatoms. The van der Waals surface area contributed by atoms with Gasteiger partial charge in [0.15, 0.2) is 29.6 Å². The first-order valence-electron chi connectivity index (χ1n) is 12.7. The number of carbonyl (C=O) groups is 1. The summed E-state index contributed by atoms with van der Waals surface area (Å²) < 4.78 is 21.2. The highest BCUT2D eigenvalue weighted by Crippen LogP contribution is 2.40.